The number of sulfonamides is 1. The summed E-state index contributed by atoms with van der Waals surface area (Å²) in [5, 5.41) is 2.29. The first kappa shape index (κ1) is 27.2. The second kappa shape index (κ2) is 11.6. The number of rotatable bonds is 11. The zero-order valence-electron chi connectivity index (χ0n) is 20.0. The largest absolute Gasteiger partial charge is 0.442 e. The number of likely N-dealkylation sites (N-methyl/N-ethyl adjacent to an activating group) is 1. The van der Waals surface area contributed by atoms with Crippen LogP contribution in [0.4, 0.5) is 25.0 Å². The Morgan fingerprint density at radius 2 is 1.97 bits per heavy atom. The molecule has 1 saturated heterocycles. The van der Waals surface area contributed by atoms with Gasteiger partial charge in [0.1, 0.15) is 11.8 Å². The van der Waals surface area contributed by atoms with Gasteiger partial charge >= 0.3 is 6.09 Å². The van der Waals surface area contributed by atoms with Gasteiger partial charge in [0.25, 0.3) is 10.0 Å². The molecule has 3 rings (SSSR count). The monoisotopic (exact) mass is 527 g/mol. The molecule has 1 atom stereocenters. The molecule has 0 spiro atoms. The van der Waals surface area contributed by atoms with Gasteiger partial charge in [0, 0.05) is 38.3 Å². The molecule has 0 radical (unpaired) electrons. The number of hydroxylamine groups is 1. The molecule has 0 aliphatic carbocycles. The number of hydrogen-bond donors (Lipinski definition) is 1. The summed E-state index contributed by atoms with van der Waals surface area (Å²) in [6.45, 7) is 2.85. The number of amides is 2. The van der Waals surface area contributed by atoms with Crippen LogP contribution in [-0.2, 0) is 24.4 Å². The number of nitrogens with zero attached hydrogens (tertiary/aromatic N) is 4. The van der Waals surface area contributed by atoms with Gasteiger partial charge in [-0.25, -0.2) is 27.0 Å². The fourth-order valence-electron chi connectivity index (χ4n) is 3.65. The summed E-state index contributed by atoms with van der Waals surface area (Å²) >= 11 is 0. The second-order valence-electron chi connectivity index (χ2n) is 7.77. The lowest BCUT2D eigenvalue weighted by Crippen LogP contribution is -2.39. The molecule has 1 aromatic carbocycles. The molecule has 1 fully saturated rings. The van der Waals surface area contributed by atoms with Gasteiger partial charge in [-0.05, 0) is 19.1 Å². The Morgan fingerprint density at radius 1 is 1.28 bits per heavy atom. The third-order valence-corrected chi connectivity index (χ3v) is 7.03. The number of ether oxygens (including phenoxy) is 1. The molecule has 2 heterocycles. The molecular formula is C22H27F2N5O6S. The minimum absolute atomic E-state index is 0.00299. The van der Waals surface area contributed by atoms with Gasteiger partial charge in [0.2, 0.25) is 5.91 Å². The highest BCUT2D eigenvalue weighted by molar-refractivity contribution is 7.88. The number of cyclic esters (lactones) is 1. The molecule has 0 unspecified atom stereocenters. The summed E-state index contributed by atoms with van der Waals surface area (Å²) in [6.07, 6.45) is -0.135. The van der Waals surface area contributed by atoms with Crippen molar-refractivity contribution >= 4 is 33.4 Å². The summed E-state index contributed by atoms with van der Waals surface area (Å²) in [5.41, 5.74) is -0.425. The quantitative estimate of drug-likeness (QED) is 0.440. The zero-order chi connectivity index (χ0) is 26.5. The minimum atomic E-state index is -4.10. The Balaban J connectivity index is 1.76. The lowest BCUT2D eigenvalue weighted by atomic mass is 10.2. The fraction of sp³-hybridized carbons (Fsp3) is 0.409. The average Bonchev–Trinajstić information content (AvgIpc) is 3.22. The highest BCUT2D eigenvalue weighted by Crippen LogP contribution is 2.31. The molecule has 2 amide bonds. The van der Waals surface area contributed by atoms with Crippen LogP contribution in [-0.4, -0.2) is 75.8 Å². The van der Waals surface area contributed by atoms with Gasteiger partial charge < -0.3 is 15.0 Å². The number of pyridine rings is 1. The van der Waals surface area contributed by atoms with E-state index in [1.165, 1.54) is 37.3 Å². The molecule has 1 aliphatic heterocycles. The first-order chi connectivity index (χ1) is 17.1. The summed E-state index contributed by atoms with van der Waals surface area (Å²) in [5.74, 6) is -2.19. The summed E-state index contributed by atoms with van der Waals surface area (Å²) in [7, 11) is -2.93. The van der Waals surface area contributed by atoms with E-state index in [-0.39, 0.29) is 55.0 Å². The van der Waals surface area contributed by atoms with Gasteiger partial charge in [-0.3, -0.25) is 14.5 Å². The summed E-state index contributed by atoms with van der Waals surface area (Å²) < 4.78 is 61.6. The third-order valence-electron chi connectivity index (χ3n) is 5.39. The molecule has 0 saturated carbocycles. The Bertz CT molecular complexity index is 1180. The first-order valence-corrected chi connectivity index (χ1v) is 12.5. The van der Waals surface area contributed by atoms with Crippen molar-refractivity contribution in [2.75, 3.05) is 49.6 Å². The van der Waals surface area contributed by atoms with E-state index in [2.05, 4.69) is 10.3 Å². The number of halogens is 2. The molecule has 1 N–H and O–H groups in total. The van der Waals surface area contributed by atoms with Crippen LogP contribution in [0.3, 0.4) is 0 Å². The number of aromatic nitrogens is 1. The summed E-state index contributed by atoms with van der Waals surface area (Å²) in [6, 6.07) is 6.39. The van der Waals surface area contributed by atoms with E-state index < -0.39 is 33.9 Å². The lowest BCUT2D eigenvalue weighted by Gasteiger charge is -2.27. The van der Waals surface area contributed by atoms with Crippen molar-refractivity contribution in [3.63, 3.8) is 0 Å². The van der Waals surface area contributed by atoms with Crippen molar-refractivity contribution < 1.29 is 36.4 Å². The van der Waals surface area contributed by atoms with Crippen LogP contribution in [0.2, 0.25) is 0 Å². The number of benzene rings is 1. The fourth-order valence-corrected chi connectivity index (χ4v) is 4.82. The van der Waals surface area contributed by atoms with Crippen molar-refractivity contribution in [2.45, 2.75) is 25.0 Å². The van der Waals surface area contributed by atoms with E-state index in [1.807, 2.05) is 0 Å². The standard InChI is InChI=1S/C22H27F2N5O6S/c1-4-27(9-10-29(34-3)36(32,33)20-7-5-6-8-25-20)21-18(23)11-16(12-19(21)24)28-14-17(35-22(28)31)13-26-15(2)30/h5-8,11-12,17H,4,9-10,13-14H2,1-3H3,(H,26,30)/t17-/m0/s1. The predicted octanol–water partition coefficient (Wildman–Crippen LogP) is 1.90. The predicted molar refractivity (Wildman–Crippen MR) is 126 cm³/mol. The highest BCUT2D eigenvalue weighted by Gasteiger charge is 2.34. The van der Waals surface area contributed by atoms with E-state index in [0.29, 0.717) is 4.47 Å². The van der Waals surface area contributed by atoms with E-state index >= 15 is 8.78 Å². The van der Waals surface area contributed by atoms with Gasteiger partial charge in [0.15, 0.2) is 16.7 Å². The molecule has 0 bridgehead atoms. The molecule has 1 aliphatic rings. The van der Waals surface area contributed by atoms with Crippen LogP contribution in [0.25, 0.3) is 0 Å². The number of nitrogens with one attached hydrogen (secondary N) is 1. The van der Waals surface area contributed by atoms with Crippen molar-refractivity contribution in [1.29, 1.82) is 0 Å². The van der Waals surface area contributed by atoms with Crippen molar-refractivity contribution in [2.24, 2.45) is 0 Å². The van der Waals surface area contributed by atoms with Gasteiger partial charge in [-0.1, -0.05) is 10.5 Å². The minimum Gasteiger partial charge on any atom is -0.442 e. The maximum Gasteiger partial charge on any atom is 0.414 e. The van der Waals surface area contributed by atoms with Crippen LogP contribution >= 0.6 is 0 Å². The van der Waals surface area contributed by atoms with Crippen LogP contribution in [0.15, 0.2) is 41.6 Å². The highest BCUT2D eigenvalue weighted by atomic mass is 32.2. The van der Waals surface area contributed by atoms with E-state index in [1.54, 1.807) is 13.0 Å². The van der Waals surface area contributed by atoms with E-state index in [4.69, 9.17) is 9.57 Å². The van der Waals surface area contributed by atoms with E-state index in [0.717, 1.165) is 17.0 Å². The van der Waals surface area contributed by atoms with Gasteiger partial charge in [0.05, 0.1) is 32.4 Å². The Kier molecular flexibility index (Phi) is 8.76. The van der Waals surface area contributed by atoms with Crippen molar-refractivity contribution in [3.05, 3.63) is 48.2 Å². The Labute approximate surface area is 207 Å². The van der Waals surface area contributed by atoms with E-state index in [9.17, 15) is 18.0 Å². The molecule has 11 nitrogen and oxygen atoms in total. The Morgan fingerprint density at radius 3 is 2.53 bits per heavy atom. The zero-order valence-corrected chi connectivity index (χ0v) is 20.8. The number of hydrogen-bond acceptors (Lipinski definition) is 8. The molecule has 1 aromatic heterocycles. The molecule has 2 aromatic rings. The number of carbonyl (C=O) groups excluding carboxylic acids is 2. The topological polar surface area (TPSA) is 121 Å². The lowest BCUT2D eigenvalue weighted by molar-refractivity contribution is -0.119. The maximum atomic E-state index is 15.1. The average molecular weight is 528 g/mol. The number of anilines is 2. The summed E-state index contributed by atoms with van der Waals surface area (Å²) in [4.78, 5) is 34.5. The van der Waals surface area contributed by atoms with Crippen LogP contribution in [0, 0.1) is 11.6 Å². The van der Waals surface area contributed by atoms with Crippen LogP contribution in [0.5, 0.6) is 0 Å². The maximum absolute atomic E-state index is 15.1. The SMILES string of the molecule is CCN(CCN(OC)S(=O)(=O)c1ccccn1)c1c(F)cc(N2C[C@H](CNC(C)=O)OC2=O)cc1F. The second-order valence-corrected chi connectivity index (χ2v) is 9.55. The van der Waals surface area contributed by atoms with Crippen molar-refractivity contribution in [1.82, 2.24) is 14.8 Å². The molecule has 196 valence electrons. The van der Waals surface area contributed by atoms with Gasteiger partial charge in [-0.2, -0.15) is 0 Å². The molecule has 36 heavy (non-hydrogen) atoms. The van der Waals surface area contributed by atoms with Crippen LogP contribution < -0.4 is 15.1 Å². The molecule has 14 heteroatoms. The van der Waals surface area contributed by atoms with Crippen LogP contribution in [0.1, 0.15) is 13.8 Å². The number of carbonyl (C=O) groups is 2. The van der Waals surface area contributed by atoms with Gasteiger partial charge in [-0.15, -0.1) is 0 Å². The molecular weight excluding hydrogens is 500 g/mol. The Hall–Kier alpha value is -3.36. The smallest absolute Gasteiger partial charge is 0.414 e. The van der Waals surface area contributed by atoms with Crippen molar-refractivity contribution in [3.8, 4) is 0 Å². The normalized spacial score (nSPS) is 15.8. The first-order valence-electron chi connectivity index (χ1n) is 11.0. The third kappa shape index (κ3) is 6.06.